The Hall–Kier alpha value is -0.0800. The Labute approximate surface area is 68.7 Å². The summed E-state index contributed by atoms with van der Waals surface area (Å²) in [6, 6.07) is 0. The molecule has 1 saturated carbocycles. The van der Waals surface area contributed by atoms with Crippen LogP contribution >= 0.6 is 0 Å². The lowest BCUT2D eigenvalue weighted by molar-refractivity contribution is 0.151. The number of rotatable bonds is 1. The zero-order valence-electron chi connectivity index (χ0n) is 7.27. The first kappa shape index (κ1) is 7.56. The van der Waals surface area contributed by atoms with Crippen LogP contribution in [0, 0.1) is 11.8 Å². The fourth-order valence-electron chi connectivity index (χ4n) is 2.17. The number of hydrogen-bond donors (Lipinski definition) is 2. The van der Waals surface area contributed by atoms with Crippen LogP contribution in [-0.2, 0) is 0 Å². The Balaban J connectivity index is 1.77. The van der Waals surface area contributed by atoms with Gasteiger partial charge >= 0.3 is 0 Å². The lowest BCUT2D eigenvalue weighted by atomic mass is 9.81. The average molecular weight is 154 g/mol. The highest BCUT2D eigenvalue weighted by atomic mass is 15.3. The first-order valence-corrected chi connectivity index (χ1v) is 4.83. The number of nitrogens with one attached hydrogen (secondary N) is 2. The van der Waals surface area contributed by atoms with E-state index in [-0.39, 0.29) is 0 Å². The van der Waals surface area contributed by atoms with E-state index in [1.807, 2.05) is 0 Å². The van der Waals surface area contributed by atoms with Crippen molar-refractivity contribution < 1.29 is 0 Å². The van der Waals surface area contributed by atoms with Gasteiger partial charge in [-0.3, -0.25) is 10.6 Å². The Bertz CT molecular complexity index is 124. The lowest BCUT2D eigenvalue weighted by Gasteiger charge is -2.39. The summed E-state index contributed by atoms with van der Waals surface area (Å²) < 4.78 is 0. The van der Waals surface area contributed by atoms with Gasteiger partial charge in [0.2, 0.25) is 0 Å². The van der Waals surface area contributed by atoms with Crippen molar-refractivity contribution in [2.24, 2.45) is 11.8 Å². The van der Waals surface area contributed by atoms with E-state index >= 15 is 0 Å². The zero-order chi connectivity index (χ0) is 7.68. The lowest BCUT2D eigenvalue weighted by Crippen LogP contribution is -2.62. The van der Waals surface area contributed by atoms with E-state index in [2.05, 4.69) is 17.6 Å². The third-order valence-corrected chi connectivity index (χ3v) is 3.18. The van der Waals surface area contributed by atoms with Gasteiger partial charge in [-0.2, -0.15) is 0 Å². The Morgan fingerprint density at radius 3 is 2.09 bits per heavy atom. The van der Waals surface area contributed by atoms with Gasteiger partial charge in [-0.25, -0.2) is 0 Å². The minimum Gasteiger partial charge on any atom is -0.289 e. The predicted octanol–water partition coefficient (Wildman–Crippen LogP) is 1.29. The van der Waals surface area contributed by atoms with Crippen LogP contribution in [0.15, 0.2) is 0 Å². The van der Waals surface area contributed by atoms with Crippen LogP contribution in [0.3, 0.4) is 0 Å². The molecule has 2 nitrogen and oxygen atoms in total. The first-order chi connectivity index (χ1) is 5.36. The summed E-state index contributed by atoms with van der Waals surface area (Å²) in [6.45, 7) is 3.40. The van der Waals surface area contributed by atoms with Gasteiger partial charge in [0.15, 0.2) is 0 Å². The van der Waals surface area contributed by atoms with Crippen molar-refractivity contribution in [3.63, 3.8) is 0 Å². The molecule has 0 unspecified atom stereocenters. The summed E-state index contributed by atoms with van der Waals surface area (Å²) in [7, 11) is 0. The fourth-order valence-corrected chi connectivity index (χ4v) is 2.17. The molecule has 0 aromatic carbocycles. The maximum absolute atomic E-state index is 3.42. The zero-order valence-corrected chi connectivity index (χ0v) is 7.27. The van der Waals surface area contributed by atoms with Gasteiger partial charge in [-0.15, -0.1) is 0 Å². The predicted molar refractivity (Wildman–Crippen MR) is 46.0 cm³/mol. The normalized spacial score (nSPS) is 40.1. The minimum atomic E-state index is 0.655. The van der Waals surface area contributed by atoms with Crippen LogP contribution in [0.1, 0.15) is 32.6 Å². The SMILES string of the molecule is C[C@H]1CC[C@H](C2NCN2)CC1. The van der Waals surface area contributed by atoms with Crippen LogP contribution in [0.5, 0.6) is 0 Å². The molecule has 0 aromatic rings. The van der Waals surface area contributed by atoms with E-state index in [4.69, 9.17) is 0 Å². The first-order valence-electron chi connectivity index (χ1n) is 4.83. The largest absolute Gasteiger partial charge is 0.289 e. The molecule has 0 aromatic heterocycles. The summed E-state index contributed by atoms with van der Waals surface area (Å²) in [5, 5.41) is 6.84. The quantitative estimate of drug-likeness (QED) is 0.594. The van der Waals surface area contributed by atoms with Crippen LogP contribution in [0.4, 0.5) is 0 Å². The summed E-state index contributed by atoms with van der Waals surface area (Å²) in [6.07, 6.45) is 6.37. The second-order valence-electron chi connectivity index (χ2n) is 4.08. The highest BCUT2D eigenvalue weighted by molar-refractivity contribution is 4.83. The third kappa shape index (κ3) is 1.57. The van der Waals surface area contributed by atoms with Gasteiger partial charge < -0.3 is 0 Å². The Morgan fingerprint density at radius 1 is 1.00 bits per heavy atom. The van der Waals surface area contributed by atoms with Crippen LogP contribution in [-0.4, -0.2) is 12.8 Å². The molecule has 1 aliphatic heterocycles. The van der Waals surface area contributed by atoms with Crippen molar-refractivity contribution in [2.45, 2.75) is 38.8 Å². The molecule has 2 N–H and O–H groups in total. The molecular formula is C9H18N2. The Kier molecular flexibility index (Phi) is 2.14. The van der Waals surface area contributed by atoms with Crippen molar-refractivity contribution in [1.82, 2.24) is 10.6 Å². The van der Waals surface area contributed by atoms with E-state index < -0.39 is 0 Å². The fraction of sp³-hybridized carbons (Fsp3) is 1.00. The van der Waals surface area contributed by atoms with Gasteiger partial charge in [0, 0.05) is 6.67 Å². The molecule has 0 spiro atoms. The van der Waals surface area contributed by atoms with Crippen molar-refractivity contribution in [3.8, 4) is 0 Å². The van der Waals surface area contributed by atoms with E-state index in [0.29, 0.717) is 6.17 Å². The molecule has 0 bridgehead atoms. The second kappa shape index (κ2) is 3.11. The maximum Gasteiger partial charge on any atom is 0.0620 e. The maximum atomic E-state index is 3.42. The molecule has 2 rings (SSSR count). The molecule has 1 saturated heterocycles. The molecule has 2 fully saturated rings. The van der Waals surface area contributed by atoms with Crippen LogP contribution in [0.2, 0.25) is 0 Å². The molecule has 0 atom stereocenters. The van der Waals surface area contributed by atoms with Crippen molar-refractivity contribution >= 4 is 0 Å². The smallest absolute Gasteiger partial charge is 0.0620 e. The molecule has 2 aliphatic rings. The number of hydrogen-bond acceptors (Lipinski definition) is 2. The molecule has 0 amide bonds. The molecule has 1 heterocycles. The van der Waals surface area contributed by atoms with Gasteiger partial charge in [0.05, 0.1) is 6.17 Å². The van der Waals surface area contributed by atoms with E-state index in [1.54, 1.807) is 0 Å². The summed E-state index contributed by atoms with van der Waals surface area (Å²) in [5.74, 6) is 1.89. The standard InChI is InChI=1S/C9H18N2/c1-7-2-4-8(5-3-7)9-10-6-11-9/h7-11H,2-6H2,1H3/t7-,8-. The molecule has 11 heavy (non-hydrogen) atoms. The summed E-state index contributed by atoms with van der Waals surface area (Å²) >= 11 is 0. The topological polar surface area (TPSA) is 24.1 Å². The van der Waals surface area contributed by atoms with Crippen molar-refractivity contribution in [2.75, 3.05) is 6.67 Å². The van der Waals surface area contributed by atoms with E-state index in [1.165, 1.54) is 25.7 Å². The van der Waals surface area contributed by atoms with Crippen molar-refractivity contribution in [3.05, 3.63) is 0 Å². The third-order valence-electron chi connectivity index (χ3n) is 3.18. The monoisotopic (exact) mass is 154 g/mol. The summed E-state index contributed by atoms with van der Waals surface area (Å²) in [4.78, 5) is 0. The van der Waals surface area contributed by atoms with E-state index in [9.17, 15) is 0 Å². The van der Waals surface area contributed by atoms with Crippen LogP contribution < -0.4 is 10.6 Å². The highest BCUT2D eigenvalue weighted by Crippen LogP contribution is 2.30. The molecule has 1 aliphatic carbocycles. The average Bonchev–Trinajstić information content (AvgIpc) is 1.90. The Morgan fingerprint density at radius 2 is 1.64 bits per heavy atom. The van der Waals surface area contributed by atoms with E-state index in [0.717, 1.165) is 18.5 Å². The molecule has 2 heteroatoms. The molecular weight excluding hydrogens is 136 g/mol. The second-order valence-corrected chi connectivity index (χ2v) is 4.08. The van der Waals surface area contributed by atoms with Gasteiger partial charge in [0.25, 0.3) is 0 Å². The van der Waals surface area contributed by atoms with Crippen LogP contribution in [0.25, 0.3) is 0 Å². The van der Waals surface area contributed by atoms with Gasteiger partial charge in [-0.05, 0) is 24.7 Å². The highest BCUT2D eigenvalue weighted by Gasteiger charge is 2.28. The van der Waals surface area contributed by atoms with Gasteiger partial charge in [-0.1, -0.05) is 19.8 Å². The minimum absolute atomic E-state index is 0.655. The van der Waals surface area contributed by atoms with Gasteiger partial charge in [0.1, 0.15) is 0 Å². The summed E-state index contributed by atoms with van der Waals surface area (Å²) in [5.41, 5.74) is 0. The molecule has 64 valence electrons. The molecule has 0 radical (unpaired) electrons. The van der Waals surface area contributed by atoms with Crippen molar-refractivity contribution in [1.29, 1.82) is 0 Å².